The van der Waals surface area contributed by atoms with E-state index >= 15 is 0 Å². The second-order valence-electron chi connectivity index (χ2n) is 8.12. The molecular weight excluding hydrogens is 306 g/mol. The fourth-order valence-corrected chi connectivity index (χ4v) is 4.20. The van der Waals surface area contributed by atoms with Gasteiger partial charge in [-0.3, -0.25) is 9.59 Å². The molecule has 0 bridgehead atoms. The molecule has 5 heteroatoms. The first-order chi connectivity index (χ1) is 11.3. The van der Waals surface area contributed by atoms with Crippen molar-refractivity contribution in [1.82, 2.24) is 4.90 Å². The number of amides is 1. The number of aliphatic carboxylic acids is 1. The van der Waals surface area contributed by atoms with Gasteiger partial charge in [0.2, 0.25) is 5.91 Å². The quantitative estimate of drug-likeness (QED) is 0.723. The van der Waals surface area contributed by atoms with Crippen molar-refractivity contribution in [3.63, 3.8) is 0 Å². The molecule has 2 atom stereocenters. The minimum absolute atomic E-state index is 0.0125. The van der Waals surface area contributed by atoms with Crippen molar-refractivity contribution in [2.75, 3.05) is 13.7 Å². The van der Waals surface area contributed by atoms with Crippen LogP contribution in [0, 0.1) is 17.3 Å². The van der Waals surface area contributed by atoms with Crippen LogP contribution in [0.1, 0.15) is 65.7 Å². The summed E-state index contributed by atoms with van der Waals surface area (Å²) in [6, 6.07) is 0.217. The average Bonchev–Trinajstić information content (AvgIpc) is 2.56. The summed E-state index contributed by atoms with van der Waals surface area (Å²) in [4.78, 5) is 25.8. The Morgan fingerprint density at radius 2 is 1.75 bits per heavy atom. The number of ether oxygens (including phenoxy) is 1. The van der Waals surface area contributed by atoms with E-state index in [1.165, 1.54) is 0 Å². The lowest BCUT2D eigenvalue weighted by molar-refractivity contribution is -0.169. The SMILES string of the molecule is CCCCOC1CC(N(C)C(=O)C2CCC(C(=O)O)CC2)C1(C)C. The van der Waals surface area contributed by atoms with Gasteiger partial charge in [-0.05, 0) is 38.5 Å². The van der Waals surface area contributed by atoms with E-state index in [4.69, 9.17) is 9.84 Å². The molecule has 1 amide bonds. The van der Waals surface area contributed by atoms with Crippen LogP contribution < -0.4 is 0 Å². The first kappa shape index (κ1) is 19.2. The molecule has 0 aromatic heterocycles. The highest BCUT2D eigenvalue weighted by Gasteiger charge is 2.52. The minimum atomic E-state index is -0.721. The third-order valence-electron chi connectivity index (χ3n) is 6.18. The lowest BCUT2D eigenvalue weighted by atomic mass is 9.63. The van der Waals surface area contributed by atoms with Gasteiger partial charge in [0, 0.05) is 31.0 Å². The van der Waals surface area contributed by atoms with E-state index in [1.54, 1.807) is 0 Å². The number of carboxylic acid groups (broad SMARTS) is 1. The first-order valence-corrected chi connectivity index (χ1v) is 9.40. The normalized spacial score (nSPS) is 32.0. The average molecular weight is 339 g/mol. The summed E-state index contributed by atoms with van der Waals surface area (Å²) in [5.74, 6) is -0.817. The Labute approximate surface area is 145 Å². The maximum atomic E-state index is 12.8. The van der Waals surface area contributed by atoms with Gasteiger partial charge in [-0.1, -0.05) is 27.2 Å². The van der Waals surface area contributed by atoms with Crippen molar-refractivity contribution < 1.29 is 19.4 Å². The second kappa shape index (κ2) is 7.85. The van der Waals surface area contributed by atoms with Crippen molar-refractivity contribution in [3.05, 3.63) is 0 Å². The summed E-state index contributed by atoms with van der Waals surface area (Å²) in [5.41, 5.74) is -0.0174. The molecule has 0 radical (unpaired) electrons. The van der Waals surface area contributed by atoms with Gasteiger partial charge in [-0.2, -0.15) is 0 Å². The number of nitrogens with zero attached hydrogens (tertiary/aromatic N) is 1. The molecule has 2 aliphatic rings. The van der Waals surface area contributed by atoms with E-state index in [-0.39, 0.29) is 35.3 Å². The van der Waals surface area contributed by atoms with E-state index in [0.29, 0.717) is 25.7 Å². The van der Waals surface area contributed by atoms with Crippen molar-refractivity contribution in [1.29, 1.82) is 0 Å². The van der Waals surface area contributed by atoms with Crippen LogP contribution in [0.2, 0.25) is 0 Å². The van der Waals surface area contributed by atoms with Crippen LogP contribution in [0.4, 0.5) is 0 Å². The predicted molar refractivity (Wildman–Crippen MR) is 92.7 cm³/mol. The Bertz CT molecular complexity index is 454. The van der Waals surface area contributed by atoms with Gasteiger partial charge in [-0.15, -0.1) is 0 Å². The number of carboxylic acids is 1. The topological polar surface area (TPSA) is 66.8 Å². The van der Waals surface area contributed by atoms with Crippen LogP contribution in [0.3, 0.4) is 0 Å². The molecule has 5 nitrogen and oxygen atoms in total. The van der Waals surface area contributed by atoms with Crippen LogP contribution in [-0.2, 0) is 14.3 Å². The number of rotatable bonds is 7. The molecular formula is C19H33NO4. The number of hydrogen-bond donors (Lipinski definition) is 1. The number of unbranched alkanes of at least 4 members (excludes halogenated alkanes) is 1. The molecule has 0 aliphatic heterocycles. The lowest BCUT2D eigenvalue weighted by Gasteiger charge is -2.55. The molecule has 0 aromatic rings. The van der Waals surface area contributed by atoms with E-state index in [1.807, 2.05) is 11.9 Å². The van der Waals surface area contributed by atoms with Gasteiger partial charge >= 0.3 is 5.97 Å². The fourth-order valence-electron chi connectivity index (χ4n) is 4.20. The van der Waals surface area contributed by atoms with Crippen LogP contribution in [0.25, 0.3) is 0 Å². The second-order valence-corrected chi connectivity index (χ2v) is 8.12. The zero-order chi connectivity index (χ0) is 17.9. The van der Waals surface area contributed by atoms with Crippen molar-refractivity contribution in [3.8, 4) is 0 Å². The van der Waals surface area contributed by atoms with E-state index in [2.05, 4.69) is 20.8 Å². The monoisotopic (exact) mass is 339 g/mol. The van der Waals surface area contributed by atoms with Gasteiger partial charge in [-0.25, -0.2) is 0 Å². The largest absolute Gasteiger partial charge is 0.481 e. The highest BCUT2D eigenvalue weighted by molar-refractivity contribution is 5.79. The van der Waals surface area contributed by atoms with Crippen molar-refractivity contribution in [2.45, 2.75) is 77.9 Å². The molecule has 2 fully saturated rings. The standard InChI is InChI=1S/C19H33NO4/c1-5-6-11-24-16-12-15(19(16,2)3)20(4)17(21)13-7-9-14(10-8-13)18(22)23/h13-16H,5-12H2,1-4H3,(H,22,23). The molecule has 0 aromatic carbocycles. The lowest BCUT2D eigenvalue weighted by Crippen LogP contribution is -2.63. The Morgan fingerprint density at radius 3 is 2.25 bits per heavy atom. The smallest absolute Gasteiger partial charge is 0.306 e. The van der Waals surface area contributed by atoms with E-state index < -0.39 is 5.97 Å². The molecule has 2 aliphatic carbocycles. The minimum Gasteiger partial charge on any atom is -0.481 e. The molecule has 0 saturated heterocycles. The third-order valence-corrected chi connectivity index (χ3v) is 6.18. The summed E-state index contributed by atoms with van der Waals surface area (Å²) in [6.07, 6.45) is 5.99. The molecule has 0 heterocycles. The zero-order valence-electron chi connectivity index (χ0n) is 15.6. The van der Waals surface area contributed by atoms with Gasteiger partial charge < -0.3 is 14.7 Å². The number of carbonyl (C=O) groups excluding carboxylic acids is 1. The summed E-state index contributed by atoms with van der Waals surface area (Å²) >= 11 is 0. The first-order valence-electron chi connectivity index (χ1n) is 9.40. The summed E-state index contributed by atoms with van der Waals surface area (Å²) in [7, 11) is 1.90. The van der Waals surface area contributed by atoms with Crippen LogP contribution in [0.15, 0.2) is 0 Å². The predicted octanol–water partition coefficient (Wildman–Crippen LogP) is 3.32. The van der Waals surface area contributed by atoms with Crippen molar-refractivity contribution >= 4 is 11.9 Å². The van der Waals surface area contributed by atoms with Gasteiger partial charge in [0.15, 0.2) is 0 Å². The Morgan fingerprint density at radius 1 is 1.17 bits per heavy atom. The van der Waals surface area contributed by atoms with E-state index in [9.17, 15) is 9.59 Å². The van der Waals surface area contributed by atoms with Crippen LogP contribution in [-0.4, -0.2) is 47.7 Å². The summed E-state index contributed by atoms with van der Waals surface area (Å²) < 4.78 is 5.98. The van der Waals surface area contributed by atoms with Gasteiger partial charge in [0.1, 0.15) is 0 Å². The zero-order valence-corrected chi connectivity index (χ0v) is 15.6. The van der Waals surface area contributed by atoms with Crippen molar-refractivity contribution in [2.24, 2.45) is 17.3 Å². The molecule has 2 unspecified atom stereocenters. The van der Waals surface area contributed by atoms with Crippen LogP contribution in [0.5, 0.6) is 0 Å². The van der Waals surface area contributed by atoms with Gasteiger partial charge in [0.25, 0.3) is 0 Å². The Balaban J connectivity index is 1.85. The Hall–Kier alpha value is -1.10. The maximum Gasteiger partial charge on any atom is 0.306 e. The molecule has 2 saturated carbocycles. The highest BCUT2D eigenvalue weighted by atomic mass is 16.5. The van der Waals surface area contributed by atoms with E-state index in [0.717, 1.165) is 25.9 Å². The van der Waals surface area contributed by atoms with Crippen LogP contribution >= 0.6 is 0 Å². The summed E-state index contributed by atoms with van der Waals surface area (Å²) in [5, 5.41) is 9.08. The van der Waals surface area contributed by atoms with Gasteiger partial charge in [0.05, 0.1) is 12.0 Å². The molecule has 2 rings (SSSR count). The third kappa shape index (κ3) is 3.93. The summed E-state index contributed by atoms with van der Waals surface area (Å²) in [6.45, 7) is 7.32. The molecule has 0 spiro atoms. The maximum absolute atomic E-state index is 12.8. The highest BCUT2D eigenvalue weighted by Crippen LogP contribution is 2.46. The fraction of sp³-hybridized carbons (Fsp3) is 0.895. The molecule has 1 N–H and O–H groups in total. The number of hydrogen-bond acceptors (Lipinski definition) is 3. The molecule has 138 valence electrons. The molecule has 24 heavy (non-hydrogen) atoms. The number of carbonyl (C=O) groups is 2. The Kier molecular flexibility index (Phi) is 6.29.